The van der Waals surface area contributed by atoms with Crippen molar-refractivity contribution in [2.45, 2.75) is 32.5 Å². The van der Waals surface area contributed by atoms with Crippen molar-refractivity contribution in [2.75, 3.05) is 36.9 Å². The highest BCUT2D eigenvalue weighted by Gasteiger charge is 2.41. The highest BCUT2D eigenvalue weighted by atomic mass is 35.5. The van der Waals surface area contributed by atoms with Gasteiger partial charge in [-0.1, -0.05) is 62.2 Å². The Balaban J connectivity index is 1.58. The molecule has 1 saturated heterocycles. The van der Waals surface area contributed by atoms with Crippen LogP contribution in [0.1, 0.15) is 39.3 Å². The van der Waals surface area contributed by atoms with E-state index in [4.69, 9.17) is 27.9 Å². The van der Waals surface area contributed by atoms with Gasteiger partial charge in [0.25, 0.3) is 0 Å². The molecule has 0 aliphatic carbocycles. The summed E-state index contributed by atoms with van der Waals surface area (Å²) < 4.78 is 29.4. The zero-order valence-corrected chi connectivity index (χ0v) is 23.3. The van der Waals surface area contributed by atoms with Crippen molar-refractivity contribution in [3.05, 3.63) is 75.7 Å². The molecule has 11 heteroatoms. The second kappa shape index (κ2) is 10.7. The molecule has 3 heterocycles. The van der Waals surface area contributed by atoms with E-state index in [0.717, 1.165) is 0 Å². The predicted molar refractivity (Wildman–Crippen MR) is 153 cm³/mol. The number of fused-ring (bicyclic) bond motifs is 1. The molecule has 3 aromatic rings. The summed E-state index contributed by atoms with van der Waals surface area (Å²) in [6.45, 7) is 6.96. The number of nitrogens with one attached hydrogen (secondary N) is 4. The molecule has 0 saturated carbocycles. The summed E-state index contributed by atoms with van der Waals surface area (Å²) >= 11 is 13.3. The van der Waals surface area contributed by atoms with Crippen LogP contribution >= 0.6 is 23.2 Å². The van der Waals surface area contributed by atoms with E-state index in [0.29, 0.717) is 55.7 Å². The standard InChI is InChI=1S/C28H30Cl2FN7O/c1-27(2,3)13-34-24-17(10-32)11-33-25-20(24)8-18(9-22(25)30)35-26(19-6-4-5-7-21(19)29)23-12-38(37-36-23)14-28(31)15-39-16-28/h4-9,11-12,26,35-37H,13-16H2,1-3H3,(H,33,34)/i26D. The Hall–Kier alpha value is -3.29. The van der Waals surface area contributed by atoms with E-state index in [-0.39, 0.29) is 25.2 Å². The van der Waals surface area contributed by atoms with Gasteiger partial charge in [-0.2, -0.15) is 5.26 Å². The molecule has 1 atom stereocenters. The molecule has 39 heavy (non-hydrogen) atoms. The first-order chi connectivity index (χ1) is 18.9. The quantitative estimate of drug-likeness (QED) is 0.264. The molecular formula is C28H30Cl2FN7O. The van der Waals surface area contributed by atoms with Crippen molar-refractivity contribution >= 4 is 45.5 Å². The third-order valence-corrected chi connectivity index (χ3v) is 6.93. The van der Waals surface area contributed by atoms with E-state index in [1.54, 1.807) is 41.5 Å². The van der Waals surface area contributed by atoms with Gasteiger partial charge < -0.3 is 20.8 Å². The smallest absolute Gasteiger partial charge is 0.176 e. The van der Waals surface area contributed by atoms with Crippen molar-refractivity contribution in [1.82, 2.24) is 21.0 Å². The molecule has 2 aliphatic rings. The number of rotatable bonds is 8. The van der Waals surface area contributed by atoms with Crippen LogP contribution in [-0.2, 0) is 4.74 Å². The lowest BCUT2D eigenvalue weighted by Gasteiger charge is -2.36. The fourth-order valence-corrected chi connectivity index (χ4v) is 4.83. The molecule has 8 nitrogen and oxygen atoms in total. The van der Waals surface area contributed by atoms with Gasteiger partial charge in [0.15, 0.2) is 5.67 Å². The Labute approximate surface area is 238 Å². The third kappa shape index (κ3) is 5.99. The summed E-state index contributed by atoms with van der Waals surface area (Å²) in [5.41, 5.74) is 7.27. The summed E-state index contributed by atoms with van der Waals surface area (Å²) in [4.78, 5) is 4.43. The Kier molecular flexibility index (Phi) is 7.12. The Bertz CT molecular complexity index is 1520. The van der Waals surface area contributed by atoms with Gasteiger partial charge in [0.1, 0.15) is 6.07 Å². The lowest BCUT2D eigenvalue weighted by molar-refractivity contribution is -0.140. The van der Waals surface area contributed by atoms with Crippen LogP contribution in [0.3, 0.4) is 0 Å². The number of pyridine rings is 1. The monoisotopic (exact) mass is 570 g/mol. The minimum atomic E-state index is -1.64. The Morgan fingerprint density at radius 1 is 1.28 bits per heavy atom. The topological polar surface area (TPSA) is 97.3 Å². The van der Waals surface area contributed by atoms with E-state index in [2.05, 4.69) is 53.4 Å². The first-order valence-corrected chi connectivity index (χ1v) is 13.2. The number of halogens is 3. The maximum atomic E-state index is 14.7. The second-order valence-electron chi connectivity index (χ2n) is 11.0. The van der Waals surface area contributed by atoms with Crippen molar-refractivity contribution < 1.29 is 10.5 Å². The lowest BCUT2D eigenvalue weighted by Crippen LogP contribution is -2.55. The van der Waals surface area contributed by atoms with Gasteiger partial charge in [-0.05, 0) is 29.2 Å². The molecule has 204 valence electrons. The van der Waals surface area contributed by atoms with Gasteiger partial charge in [0, 0.05) is 35.0 Å². The maximum Gasteiger partial charge on any atom is 0.176 e. The van der Waals surface area contributed by atoms with Crippen LogP contribution in [0, 0.1) is 16.7 Å². The van der Waals surface area contributed by atoms with Crippen molar-refractivity contribution in [3.8, 4) is 6.07 Å². The lowest BCUT2D eigenvalue weighted by atomic mass is 9.96. The summed E-state index contributed by atoms with van der Waals surface area (Å²) in [7, 11) is 0. The zero-order valence-electron chi connectivity index (χ0n) is 22.8. The van der Waals surface area contributed by atoms with Gasteiger partial charge in [-0.3, -0.25) is 9.99 Å². The highest BCUT2D eigenvalue weighted by Crippen LogP contribution is 2.37. The second-order valence-corrected chi connectivity index (χ2v) is 11.8. The molecule has 1 aromatic heterocycles. The number of aromatic nitrogens is 1. The number of benzene rings is 2. The van der Waals surface area contributed by atoms with E-state index in [1.165, 1.54) is 6.20 Å². The summed E-state index contributed by atoms with van der Waals surface area (Å²) in [5, 5.41) is 19.4. The largest absolute Gasteiger partial charge is 0.383 e. The Morgan fingerprint density at radius 3 is 2.72 bits per heavy atom. The van der Waals surface area contributed by atoms with Crippen LogP contribution < -0.4 is 21.6 Å². The maximum absolute atomic E-state index is 14.7. The van der Waals surface area contributed by atoms with Gasteiger partial charge in [0.05, 0.1) is 54.6 Å². The molecule has 1 fully saturated rings. The number of anilines is 2. The minimum Gasteiger partial charge on any atom is -0.383 e. The fourth-order valence-electron chi connectivity index (χ4n) is 4.33. The van der Waals surface area contributed by atoms with Crippen LogP contribution in [-0.4, -0.2) is 42.0 Å². The number of hydrogen-bond donors (Lipinski definition) is 4. The number of hydrazine groups is 2. The fraction of sp³-hybridized carbons (Fsp3) is 0.357. The predicted octanol–water partition coefficient (Wildman–Crippen LogP) is 5.93. The van der Waals surface area contributed by atoms with Crippen LogP contribution in [0.5, 0.6) is 0 Å². The van der Waals surface area contributed by atoms with Crippen molar-refractivity contribution in [2.24, 2.45) is 5.41 Å². The average Bonchev–Trinajstić information content (AvgIpc) is 3.35. The van der Waals surface area contributed by atoms with Gasteiger partial charge in [-0.25, -0.2) is 4.39 Å². The summed E-state index contributed by atoms with van der Waals surface area (Å²) in [6, 6.07) is 11.1. The molecule has 5 rings (SSSR count). The van der Waals surface area contributed by atoms with Crippen LogP contribution in [0.25, 0.3) is 10.9 Å². The number of ether oxygens (including phenoxy) is 1. The van der Waals surface area contributed by atoms with Crippen molar-refractivity contribution in [1.29, 1.82) is 5.26 Å². The molecular weight excluding hydrogens is 540 g/mol. The first-order valence-electron chi connectivity index (χ1n) is 13.0. The van der Waals surface area contributed by atoms with Crippen LogP contribution in [0.2, 0.25) is 10.0 Å². The number of nitriles is 1. The van der Waals surface area contributed by atoms with E-state index >= 15 is 0 Å². The van der Waals surface area contributed by atoms with Gasteiger partial charge in [-0.15, -0.1) is 5.53 Å². The van der Waals surface area contributed by atoms with Crippen LogP contribution in [0.15, 0.2) is 54.5 Å². The molecule has 1 unspecified atom stereocenters. The van der Waals surface area contributed by atoms with E-state index < -0.39 is 11.7 Å². The molecule has 0 bridgehead atoms. The van der Waals surface area contributed by atoms with Gasteiger partial charge in [0.2, 0.25) is 0 Å². The Morgan fingerprint density at radius 2 is 2.05 bits per heavy atom. The molecule has 4 N–H and O–H groups in total. The number of nitrogens with zero attached hydrogens (tertiary/aromatic N) is 3. The number of alkyl halides is 1. The molecule has 0 amide bonds. The molecule has 0 spiro atoms. The van der Waals surface area contributed by atoms with Crippen molar-refractivity contribution in [3.63, 3.8) is 0 Å². The third-order valence-electron chi connectivity index (χ3n) is 6.32. The zero-order chi connectivity index (χ0) is 28.7. The first kappa shape index (κ1) is 26.0. The number of hydrogen-bond acceptors (Lipinski definition) is 8. The SMILES string of the molecule is [2H]C(Nc1cc(Cl)c2ncc(C#N)c(NCC(C)(C)C)c2c1)(C1=CN(CC2(F)COC2)NN1)c1ccccc1Cl. The highest BCUT2D eigenvalue weighted by molar-refractivity contribution is 6.36. The van der Waals surface area contributed by atoms with E-state index in [1.807, 2.05) is 6.07 Å². The molecule has 2 aliphatic heterocycles. The van der Waals surface area contributed by atoms with Gasteiger partial charge >= 0.3 is 0 Å². The normalized spacial score (nSPS) is 18.3. The minimum absolute atomic E-state index is 0.0169. The molecule has 0 radical (unpaired) electrons. The average molecular weight is 572 g/mol. The summed E-state index contributed by atoms with van der Waals surface area (Å²) in [5.74, 6) is 0. The molecule has 2 aromatic carbocycles. The van der Waals surface area contributed by atoms with E-state index in [9.17, 15) is 11.0 Å². The van der Waals surface area contributed by atoms with Crippen LogP contribution in [0.4, 0.5) is 15.8 Å². The summed E-state index contributed by atoms with van der Waals surface area (Å²) in [6.07, 6.45) is 3.14.